The normalized spacial score (nSPS) is 20.0. The molecule has 4 heteroatoms. The van der Waals surface area contributed by atoms with E-state index in [1.54, 1.807) is 16.4 Å². The minimum atomic E-state index is -3.59. The molecule has 0 radical (unpaired) electrons. The summed E-state index contributed by atoms with van der Waals surface area (Å²) < 4.78 is 28.7. The summed E-state index contributed by atoms with van der Waals surface area (Å²) in [7, 11) is -3.59. The molecule has 0 aromatic heterocycles. The van der Waals surface area contributed by atoms with Crippen LogP contribution in [-0.4, -0.2) is 25.8 Å². The summed E-state index contributed by atoms with van der Waals surface area (Å²) in [5.74, 6) is 0. The molecule has 0 fully saturated rings. The SMILES string of the molecule is Cc1ccc(S(=O)(=O)N2CC(c3ccccc3)=C[C@](C)(Cc3ccccc3)C2)cc1. The lowest BCUT2D eigenvalue weighted by Gasteiger charge is -2.38. The van der Waals surface area contributed by atoms with Gasteiger partial charge in [-0.1, -0.05) is 91.4 Å². The Bertz CT molecular complexity index is 1140. The van der Waals surface area contributed by atoms with Crippen LogP contribution in [0.3, 0.4) is 0 Å². The van der Waals surface area contributed by atoms with E-state index in [1.807, 2.05) is 55.5 Å². The number of rotatable bonds is 5. The fourth-order valence-electron chi connectivity index (χ4n) is 4.19. The largest absolute Gasteiger partial charge is 0.243 e. The molecule has 3 aromatic carbocycles. The lowest BCUT2D eigenvalue weighted by atomic mass is 9.79. The molecule has 1 aliphatic heterocycles. The highest BCUT2D eigenvalue weighted by molar-refractivity contribution is 7.89. The summed E-state index contributed by atoms with van der Waals surface area (Å²) in [6.07, 6.45) is 3.06. The standard InChI is InChI=1S/C26H27NO2S/c1-21-13-15-25(16-14-21)30(28,29)27-19-24(23-11-7-4-8-12-23)18-26(2,20-27)17-22-9-5-3-6-10-22/h3-16,18H,17,19-20H2,1-2H3/t26-/m0/s1. The van der Waals surface area contributed by atoms with Crippen molar-refractivity contribution in [2.24, 2.45) is 5.41 Å². The molecule has 30 heavy (non-hydrogen) atoms. The third-order valence-electron chi connectivity index (χ3n) is 5.66. The van der Waals surface area contributed by atoms with Crippen molar-refractivity contribution in [1.82, 2.24) is 4.31 Å². The van der Waals surface area contributed by atoms with Gasteiger partial charge >= 0.3 is 0 Å². The summed E-state index contributed by atoms with van der Waals surface area (Å²) in [6, 6.07) is 27.5. The molecule has 0 N–H and O–H groups in total. The Labute approximate surface area is 179 Å². The van der Waals surface area contributed by atoms with Gasteiger partial charge in [0.15, 0.2) is 0 Å². The molecule has 0 saturated carbocycles. The molecule has 3 aromatic rings. The molecule has 0 unspecified atom stereocenters. The van der Waals surface area contributed by atoms with Crippen molar-refractivity contribution in [1.29, 1.82) is 0 Å². The van der Waals surface area contributed by atoms with Gasteiger partial charge in [-0.2, -0.15) is 4.31 Å². The number of benzene rings is 3. The smallest absolute Gasteiger partial charge is 0.207 e. The molecule has 0 aliphatic carbocycles. The Balaban J connectivity index is 1.74. The predicted molar refractivity (Wildman–Crippen MR) is 123 cm³/mol. The van der Waals surface area contributed by atoms with Crippen LogP contribution in [0, 0.1) is 12.3 Å². The Morgan fingerprint density at radius 2 is 1.47 bits per heavy atom. The van der Waals surface area contributed by atoms with Gasteiger partial charge in [0.2, 0.25) is 10.0 Å². The van der Waals surface area contributed by atoms with Crippen LogP contribution in [0.5, 0.6) is 0 Å². The maximum atomic E-state index is 13.5. The lowest BCUT2D eigenvalue weighted by Crippen LogP contribution is -2.44. The van der Waals surface area contributed by atoms with E-state index in [1.165, 1.54) is 5.56 Å². The minimum absolute atomic E-state index is 0.303. The Kier molecular flexibility index (Phi) is 5.63. The van der Waals surface area contributed by atoms with Crippen molar-refractivity contribution < 1.29 is 8.42 Å². The third kappa shape index (κ3) is 4.40. The van der Waals surface area contributed by atoms with Gasteiger partial charge in [0, 0.05) is 18.5 Å². The zero-order chi connectivity index (χ0) is 21.2. The van der Waals surface area contributed by atoms with Crippen molar-refractivity contribution in [2.75, 3.05) is 13.1 Å². The van der Waals surface area contributed by atoms with Gasteiger partial charge in [0.1, 0.15) is 0 Å². The van der Waals surface area contributed by atoms with E-state index in [0.29, 0.717) is 18.0 Å². The first-order valence-corrected chi connectivity index (χ1v) is 11.7. The zero-order valence-electron chi connectivity index (χ0n) is 17.5. The average molecular weight is 418 g/mol. The second kappa shape index (κ2) is 8.21. The van der Waals surface area contributed by atoms with Crippen LogP contribution in [0.2, 0.25) is 0 Å². The Morgan fingerprint density at radius 1 is 0.867 bits per heavy atom. The summed E-state index contributed by atoms with van der Waals surface area (Å²) >= 11 is 0. The van der Waals surface area contributed by atoms with Gasteiger partial charge in [-0.3, -0.25) is 0 Å². The van der Waals surface area contributed by atoms with E-state index in [0.717, 1.165) is 23.1 Å². The molecular formula is C26H27NO2S. The van der Waals surface area contributed by atoms with Crippen molar-refractivity contribution >= 4 is 15.6 Å². The number of hydrogen-bond acceptors (Lipinski definition) is 2. The van der Waals surface area contributed by atoms with Crippen LogP contribution >= 0.6 is 0 Å². The molecule has 0 bridgehead atoms. The Morgan fingerprint density at radius 3 is 2.10 bits per heavy atom. The van der Waals surface area contributed by atoms with Gasteiger partial charge in [0.25, 0.3) is 0 Å². The molecule has 4 rings (SSSR count). The van der Waals surface area contributed by atoms with Crippen LogP contribution in [0.15, 0.2) is 95.9 Å². The quantitative estimate of drug-likeness (QED) is 0.562. The molecule has 1 aliphatic rings. The molecule has 0 spiro atoms. The van der Waals surface area contributed by atoms with Gasteiger partial charge in [0.05, 0.1) is 4.90 Å². The highest BCUT2D eigenvalue weighted by Crippen LogP contribution is 2.37. The van der Waals surface area contributed by atoms with Gasteiger partial charge in [-0.05, 0) is 42.2 Å². The van der Waals surface area contributed by atoms with Crippen molar-refractivity contribution in [2.45, 2.75) is 25.2 Å². The zero-order valence-corrected chi connectivity index (χ0v) is 18.3. The second-order valence-electron chi connectivity index (χ2n) is 8.44. The van der Waals surface area contributed by atoms with Gasteiger partial charge < -0.3 is 0 Å². The molecule has 154 valence electrons. The predicted octanol–water partition coefficient (Wildman–Crippen LogP) is 5.33. The number of sulfonamides is 1. The molecule has 0 saturated heterocycles. The molecule has 3 nitrogen and oxygen atoms in total. The maximum Gasteiger partial charge on any atom is 0.243 e. The van der Waals surface area contributed by atoms with Crippen molar-refractivity contribution in [3.05, 3.63) is 108 Å². The minimum Gasteiger partial charge on any atom is -0.207 e. The van der Waals surface area contributed by atoms with Crippen LogP contribution in [-0.2, 0) is 16.4 Å². The highest BCUT2D eigenvalue weighted by atomic mass is 32.2. The summed E-state index contributed by atoms with van der Waals surface area (Å²) in [4.78, 5) is 0.351. The van der Waals surface area contributed by atoms with Crippen molar-refractivity contribution in [3.8, 4) is 0 Å². The number of hydrogen-bond donors (Lipinski definition) is 0. The monoisotopic (exact) mass is 417 g/mol. The van der Waals surface area contributed by atoms with E-state index in [2.05, 4.69) is 37.3 Å². The number of nitrogens with zero attached hydrogens (tertiary/aromatic N) is 1. The molecular weight excluding hydrogens is 390 g/mol. The number of aryl methyl sites for hydroxylation is 1. The summed E-state index contributed by atoms with van der Waals surface area (Å²) in [6.45, 7) is 4.95. The van der Waals surface area contributed by atoms with E-state index < -0.39 is 10.0 Å². The van der Waals surface area contributed by atoms with E-state index in [4.69, 9.17) is 0 Å². The van der Waals surface area contributed by atoms with Crippen LogP contribution in [0.25, 0.3) is 5.57 Å². The van der Waals surface area contributed by atoms with Crippen LogP contribution < -0.4 is 0 Å². The summed E-state index contributed by atoms with van der Waals surface area (Å²) in [5.41, 5.74) is 4.07. The molecule has 0 amide bonds. The molecule has 1 atom stereocenters. The first kappa shape index (κ1) is 20.6. The average Bonchev–Trinajstić information content (AvgIpc) is 2.75. The fourth-order valence-corrected chi connectivity index (χ4v) is 5.74. The van der Waals surface area contributed by atoms with Crippen LogP contribution in [0.1, 0.15) is 23.6 Å². The first-order valence-electron chi connectivity index (χ1n) is 10.2. The summed E-state index contributed by atoms with van der Waals surface area (Å²) in [5, 5.41) is 0. The van der Waals surface area contributed by atoms with E-state index in [9.17, 15) is 8.42 Å². The van der Waals surface area contributed by atoms with E-state index in [-0.39, 0.29) is 5.41 Å². The molecule has 1 heterocycles. The van der Waals surface area contributed by atoms with Crippen LogP contribution in [0.4, 0.5) is 0 Å². The first-order chi connectivity index (χ1) is 14.4. The van der Waals surface area contributed by atoms with Gasteiger partial charge in [-0.15, -0.1) is 0 Å². The van der Waals surface area contributed by atoms with E-state index >= 15 is 0 Å². The lowest BCUT2D eigenvalue weighted by molar-refractivity contribution is 0.292. The second-order valence-corrected chi connectivity index (χ2v) is 10.4. The Hall–Kier alpha value is -2.69. The third-order valence-corrected chi connectivity index (χ3v) is 7.47. The van der Waals surface area contributed by atoms with Crippen molar-refractivity contribution in [3.63, 3.8) is 0 Å². The topological polar surface area (TPSA) is 37.4 Å². The van der Waals surface area contributed by atoms with Gasteiger partial charge in [-0.25, -0.2) is 8.42 Å². The maximum absolute atomic E-state index is 13.5. The highest BCUT2D eigenvalue weighted by Gasteiger charge is 2.37. The fraction of sp³-hybridized carbons (Fsp3) is 0.231.